The Bertz CT molecular complexity index is 356. The Balaban J connectivity index is 2.13. The van der Waals surface area contributed by atoms with Crippen molar-refractivity contribution in [3.63, 3.8) is 0 Å². The zero-order chi connectivity index (χ0) is 14.8. The average molecular weight is 295 g/mol. The van der Waals surface area contributed by atoms with Gasteiger partial charge in [0.1, 0.15) is 0 Å². The second kappa shape index (κ2) is 9.43. The van der Waals surface area contributed by atoms with Crippen LogP contribution >= 0.6 is 11.8 Å². The maximum absolute atomic E-state index is 5.30. The van der Waals surface area contributed by atoms with Gasteiger partial charge in [0.15, 0.2) is 0 Å². The molecule has 0 fully saturated rings. The molecule has 0 bridgehead atoms. The Labute approximate surface area is 128 Å². The number of ether oxygens (including phenoxy) is 1. The summed E-state index contributed by atoms with van der Waals surface area (Å²) in [5.74, 6) is 1.11. The van der Waals surface area contributed by atoms with Crippen LogP contribution in [0.25, 0.3) is 0 Å². The first kappa shape index (κ1) is 17.5. The maximum Gasteiger partial charge on any atom is 0.0477 e. The number of benzene rings is 1. The Morgan fingerprint density at radius 3 is 2.40 bits per heavy atom. The van der Waals surface area contributed by atoms with Gasteiger partial charge in [-0.15, -0.1) is 11.8 Å². The van der Waals surface area contributed by atoms with Gasteiger partial charge in [0.05, 0.1) is 0 Å². The van der Waals surface area contributed by atoms with E-state index in [0.29, 0.717) is 0 Å². The normalized spacial score (nSPS) is 11.8. The first-order valence-corrected chi connectivity index (χ1v) is 8.54. The van der Waals surface area contributed by atoms with Gasteiger partial charge in [-0.2, -0.15) is 0 Å². The molecule has 1 aromatic rings. The molecule has 0 saturated carbocycles. The van der Waals surface area contributed by atoms with Crippen molar-refractivity contribution < 1.29 is 4.74 Å². The van der Waals surface area contributed by atoms with Crippen molar-refractivity contribution in [1.82, 2.24) is 5.32 Å². The average Bonchev–Trinajstić information content (AvgIpc) is 2.41. The largest absolute Gasteiger partial charge is 0.382 e. The minimum Gasteiger partial charge on any atom is -0.382 e. The second-order valence-corrected chi connectivity index (χ2v) is 7.09. The number of hydrogen-bond donors (Lipinski definition) is 1. The standard InChI is InChI=1S/C17H29NOS/c1-5-19-13-6-11-18-12-14-20-16-9-7-15(8-10-16)17(2,3)4/h7-10,18H,5-6,11-14H2,1-4H3. The lowest BCUT2D eigenvalue weighted by Gasteiger charge is -2.19. The van der Waals surface area contributed by atoms with Crippen LogP contribution in [0.15, 0.2) is 29.2 Å². The fraction of sp³-hybridized carbons (Fsp3) is 0.647. The fourth-order valence-electron chi connectivity index (χ4n) is 1.86. The molecule has 3 heteroatoms. The maximum atomic E-state index is 5.30. The van der Waals surface area contributed by atoms with Crippen LogP contribution in [-0.2, 0) is 10.2 Å². The van der Waals surface area contributed by atoms with E-state index < -0.39 is 0 Å². The molecule has 0 aromatic heterocycles. The zero-order valence-corrected chi connectivity index (χ0v) is 14.2. The van der Waals surface area contributed by atoms with Gasteiger partial charge in [-0.25, -0.2) is 0 Å². The lowest BCUT2D eigenvalue weighted by Crippen LogP contribution is -2.19. The minimum absolute atomic E-state index is 0.241. The monoisotopic (exact) mass is 295 g/mol. The molecule has 1 N–H and O–H groups in total. The quantitative estimate of drug-likeness (QED) is 0.547. The van der Waals surface area contributed by atoms with Crippen LogP contribution in [0.3, 0.4) is 0 Å². The molecular formula is C17H29NOS. The van der Waals surface area contributed by atoms with E-state index in [9.17, 15) is 0 Å². The van der Waals surface area contributed by atoms with Crippen molar-refractivity contribution in [2.45, 2.75) is 44.4 Å². The third kappa shape index (κ3) is 7.32. The van der Waals surface area contributed by atoms with Crippen LogP contribution in [0, 0.1) is 0 Å². The van der Waals surface area contributed by atoms with E-state index in [2.05, 4.69) is 50.4 Å². The Kier molecular flexibility index (Phi) is 8.27. The number of rotatable bonds is 9. The van der Waals surface area contributed by atoms with Gasteiger partial charge in [0, 0.05) is 30.4 Å². The molecule has 20 heavy (non-hydrogen) atoms. The fourth-order valence-corrected chi connectivity index (χ4v) is 2.67. The number of hydrogen-bond acceptors (Lipinski definition) is 3. The smallest absolute Gasteiger partial charge is 0.0477 e. The van der Waals surface area contributed by atoms with Crippen LogP contribution in [0.5, 0.6) is 0 Å². The highest BCUT2D eigenvalue weighted by Gasteiger charge is 2.12. The molecule has 0 aliphatic carbocycles. The van der Waals surface area contributed by atoms with Crippen molar-refractivity contribution in [2.24, 2.45) is 0 Å². The van der Waals surface area contributed by atoms with Crippen LogP contribution in [0.1, 0.15) is 39.7 Å². The Morgan fingerprint density at radius 1 is 1.10 bits per heavy atom. The van der Waals surface area contributed by atoms with Gasteiger partial charge in [0.2, 0.25) is 0 Å². The minimum atomic E-state index is 0.241. The second-order valence-electron chi connectivity index (χ2n) is 5.92. The molecular weight excluding hydrogens is 266 g/mol. The molecule has 0 unspecified atom stereocenters. The lowest BCUT2D eigenvalue weighted by molar-refractivity contribution is 0.145. The van der Waals surface area contributed by atoms with Gasteiger partial charge in [0.25, 0.3) is 0 Å². The highest BCUT2D eigenvalue weighted by atomic mass is 32.2. The van der Waals surface area contributed by atoms with Gasteiger partial charge in [-0.3, -0.25) is 0 Å². The SMILES string of the molecule is CCOCCCNCCSc1ccc(C(C)(C)C)cc1. The van der Waals surface area contributed by atoms with Crippen LogP contribution in [0.4, 0.5) is 0 Å². The van der Waals surface area contributed by atoms with E-state index >= 15 is 0 Å². The van der Waals surface area contributed by atoms with Crippen LogP contribution < -0.4 is 5.32 Å². The zero-order valence-electron chi connectivity index (χ0n) is 13.4. The van der Waals surface area contributed by atoms with Crippen molar-refractivity contribution >= 4 is 11.8 Å². The molecule has 114 valence electrons. The molecule has 0 heterocycles. The van der Waals surface area contributed by atoms with E-state index in [1.54, 1.807) is 0 Å². The van der Waals surface area contributed by atoms with E-state index in [1.165, 1.54) is 10.5 Å². The third-order valence-electron chi connectivity index (χ3n) is 3.11. The summed E-state index contributed by atoms with van der Waals surface area (Å²) in [6, 6.07) is 8.97. The highest BCUT2D eigenvalue weighted by Crippen LogP contribution is 2.25. The summed E-state index contributed by atoms with van der Waals surface area (Å²) in [5.41, 5.74) is 1.64. The summed E-state index contributed by atoms with van der Waals surface area (Å²) in [4.78, 5) is 1.36. The summed E-state index contributed by atoms with van der Waals surface area (Å²) in [6.07, 6.45) is 1.10. The molecule has 0 aliphatic rings. The molecule has 0 radical (unpaired) electrons. The predicted octanol–water partition coefficient (Wildman–Crippen LogP) is 4.09. The van der Waals surface area contributed by atoms with Crippen molar-refractivity contribution in [2.75, 3.05) is 32.1 Å². The predicted molar refractivity (Wildman–Crippen MR) is 89.8 cm³/mol. The van der Waals surface area contributed by atoms with Gasteiger partial charge >= 0.3 is 0 Å². The Morgan fingerprint density at radius 2 is 1.80 bits per heavy atom. The first-order chi connectivity index (χ1) is 9.54. The first-order valence-electron chi connectivity index (χ1n) is 7.56. The van der Waals surface area contributed by atoms with E-state index in [0.717, 1.165) is 38.5 Å². The van der Waals surface area contributed by atoms with Crippen LogP contribution in [0.2, 0.25) is 0 Å². The Hall–Kier alpha value is -0.510. The topological polar surface area (TPSA) is 21.3 Å². The van der Waals surface area contributed by atoms with Crippen molar-refractivity contribution in [3.8, 4) is 0 Å². The van der Waals surface area contributed by atoms with E-state index in [4.69, 9.17) is 4.74 Å². The van der Waals surface area contributed by atoms with E-state index in [-0.39, 0.29) is 5.41 Å². The van der Waals surface area contributed by atoms with Gasteiger partial charge in [-0.05, 0) is 43.0 Å². The molecule has 0 aliphatic heterocycles. The van der Waals surface area contributed by atoms with Crippen molar-refractivity contribution in [1.29, 1.82) is 0 Å². The summed E-state index contributed by atoms with van der Waals surface area (Å²) in [7, 11) is 0. The summed E-state index contributed by atoms with van der Waals surface area (Å²) in [6.45, 7) is 12.6. The number of nitrogens with one attached hydrogen (secondary N) is 1. The summed E-state index contributed by atoms with van der Waals surface area (Å²) >= 11 is 1.91. The third-order valence-corrected chi connectivity index (χ3v) is 4.13. The van der Waals surface area contributed by atoms with Crippen molar-refractivity contribution in [3.05, 3.63) is 29.8 Å². The molecule has 0 atom stereocenters. The molecule has 0 saturated heterocycles. The van der Waals surface area contributed by atoms with Gasteiger partial charge < -0.3 is 10.1 Å². The lowest BCUT2D eigenvalue weighted by atomic mass is 9.87. The summed E-state index contributed by atoms with van der Waals surface area (Å²) < 4.78 is 5.30. The molecule has 2 nitrogen and oxygen atoms in total. The number of thioether (sulfide) groups is 1. The van der Waals surface area contributed by atoms with E-state index in [1.807, 2.05) is 18.7 Å². The summed E-state index contributed by atoms with van der Waals surface area (Å²) in [5, 5.41) is 3.45. The molecule has 0 amide bonds. The molecule has 0 spiro atoms. The van der Waals surface area contributed by atoms with Gasteiger partial charge in [-0.1, -0.05) is 32.9 Å². The highest BCUT2D eigenvalue weighted by molar-refractivity contribution is 7.99. The van der Waals surface area contributed by atoms with Crippen LogP contribution in [-0.4, -0.2) is 32.1 Å². The molecule has 1 aromatic carbocycles. The molecule has 1 rings (SSSR count).